The molecule has 0 saturated heterocycles. The van der Waals surface area contributed by atoms with Crippen molar-refractivity contribution in [3.8, 4) is 0 Å². The van der Waals surface area contributed by atoms with Crippen LogP contribution in [0.2, 0.25) is 0 Å². The van der Waals surface area contributed by atoms with Gasteiger partial charge in [-0.05, 0) is 52.7 Å². The number of nitrogens with zero attached hydrogens (tertiary/aromatic N) is 2. The van der Waals surface area contributed by atoms with Crippen LogP contribution < -0.4 is 16.0 Å². The molecular weight excluding hydrogens is 378 g/mol. The monoisotopic (exact) mass is 415 g/mol. The molecule has 8 nitrogen and oxygen atoms in total. The second kappa shape index (κ2) is 12.0. The zero-order chi connectivity index (χ0) is 21.2. The molecule has 0 aromatic rings. The highest BCUT2D eigenvalue weighted by Crippen LogP contribution is 2.19. The van der Waals surface area contributed by atoms with Crippen molar-refractivity contribution >= 4 is 29.7 Å². The van der Waals surface area contributed by atoms with Crippen molar-refractivity contribution in [2.45, 2.75) is 64.1 Å². The Morgan fingerprint density at radius 3 is 2.18 bits per heavy atom. The van der Waals surface area contributed by atoms with Crippen LogP contribution in [0.25, 0.3) is 0 Å². The first-order chi connectivity index (χ1) is 13.1. The second-order valence-electron chi connectivity index (χ2n) is 8.21. The number of carbonyl (C=O) groups is 2. The highest BCUT2D eigenvalue weighted by atomic mass is 32.2. The van der Waals surface area contributed by atoms with Crippen LogP contribution in [0.3, 0.4) is 0 Å². The van der Waals surface area contributed by atoms with E-state index in [2.05, 4.69) is 27.2 Å². The summed E-state index contributed by atoms with van der Waals surface area (Å²) in [6, 6.07) is 0.403. The Balaban J connectivity index is 2.49. The molecule has 1 aliphatic carbocycles. The smallest absolute Gasteiger partial charge is 0.407 e. The van der Waals surface area contributed by atoms with E-state index in [4.69, 9.17) is 4.74 Å². The molecule has 0 aromatic heterocycles. The minimum Gasteiger partial charge on any atom is -0.444 e. The van der Waals surface area contributed by atoms with Gasteiger partial charge in [0.2, 0.25) is 5.91 Å². The van der Waals surface area contributed by atoms with Crippen molar-refractivity contribution < 1.29 is 14.3 Å². The van der Waals surface area contributed by atoms with Gasteiger partial charge in [-0.2, -0.15) is 11.8 Å². The van der Waals surface area contributed by atoms with E-state index >= 15 is 0 Å². The van der Waals surface area contributed by atoms with Gasteiger partial charge in [0.25, 0.3) is 0 Å². The number of likely N-dealkylation sites (N-methyl/N-ethyl adjacent to an activating group) is 1. The van der Waals surface area contributed by atoms with Gasteiger partial charge in [-0.3, -0.25) is 4.79 Å². The van der Waals surface area contributed by atoms with Gasteiger partial charge < -0.3 is 25.6 Å². The van der Waals surface area contributed by atoms with Gasteiger partial charge in [-0.1, -0.05) is 0 Å². The van der Waals surface area contributed by atoms with Crippen molar-refractivity contribution in [1.29, 1.82) is 0 Å². The molecule has 2 amide bonds. The molecule has 1 aliphatic rings. The number of guanidine groups is 1. The lowest BCUT2D eigenvalue weighted by Gasteiger charge is -2.31. The van der Waals surface area contributed by atoms with Crippen LogP contribution in [0.4, 0.5) is 4.79 Å². The number of nitrogens with one attached hydrogen (secondary N) is 3. The van der Waals surface area contributed by atoms with E-state index in [-0.39, 0.29) is 30.6 Å². The summed E-state index contributed by atoms with van der Waals surface area (Å²) in [6.07, 6.45) is 5.31. The molecule has 1 saturated carbocycles. The van der Waals surface area contributed by atoms with Gasteiger partial charge >= 0.3 is 6.09 Å². The molecule has 1 fully saturated rings. The summed E-state index contributed by atoms with van der Waals surface area (Å²) in [6.45, 7) is 6.49. The Labute approximate surface area is 173 Å². The average Bonchev–Trinajstić information content (AvgIpc) is 2.59. The van der Waals surface area contributed by atoms with Crippen LogP contribution in [0, 0.1) is 0 Å². The van der Waals surface area contributed by atoms with Crippen molar-refractivity contribution in [2.24, 2.45) is 4.99 Å². The molecule has 0 spiro atoms. The SMILES string of the molecule is CSCCNC(=NCC(=O)N(C)C)NC1CCC(NC(=O)OC(C)(C)C)CC1. The minimum atomic E-state index is -0.485. The molecule has 0 aromatic carbocycles. The molecule has 0 unspecified atom stereocenters. The van der Waals surface area contributed by atoms with E-state index in [0.717, 1.165) is 38.0 Å². The summed E-state index contributed by atoms with van der Waals surface area (Å²) in [5.41, 5.74) is -0.485. The van der Waals surface area contributed by atoms with E-state index in [0.29, 0.717) is 5.96 Å². The van der Waals surface area contributed by atoms with Crippen LogP contribution in [-0.2, 0) is 9.53 Å². The van der Waals surface area contributed by atoms with E-state index in [9.17, 15) is 9.59 Å². The normalized spacial score (nSPS) is 20.3. The molecule has 0 heterocycles. The second-order valence-corrected chi connectivity index (χ2v) is 9.20. The molecule has 0 bridgehead atoms. The zero-order valence-corrected chi connectivity index (χ0v) is 18.9. The maximum absolute atomic E-state index is 11.9. The Kier molecular flexibility index (Phi) is 10.5. The summed E-state index contributed by atoms with van der Waals surface area (Å²) in [5, 5.41) is 9.68. The average molecular weight is 416 g/mol. The number of alkyl carbamates (subject to hydrolysis) is 1. The summed E-state index contributed by atoms with van der Waals surface area (Å²) in [4.78, 5) is 29.7. The zero-order valence-electron chi connectivity index (χ0n) is 18.1. The van der Waals surface area contributed by atoms with Gasteiger partial charge in [0.15, 0.2) is 5.96 Å². The number of rotatable bonds is 7. The Morgan fingerprint density at radius 1 is 1.11 bits per heavy atom. The van der Waals surface area contributed by atoms with Crippen molar-refractivity contribution in [1.82, 2.24) is 20.9 Å². The van der Waals surface area contributed by atoms with Crippen LogP contribution in [0.5, 0.6) is 0 Å². The number of hydrogen-bond acceptors (Lipinski definition) is 5. The largest absolute Gasteiger partial charge is 0.444 e. The van der Waals surface area contributed by atoms with E-state index < -0.39 is 5.60 Å². The molecule has 0 radical (unpaired) electrons. The maximum atomic E-state index is 11.9. The van der Waals surface area contributed by atoms with Crippen molar-refractivity contribution in [3.05, 3.63) is 0 Å². The fourth-order valence-electron chi connectivity index (χ4n) is 2.76. The molecule has 3 N–H and O–H groups in total. The lowest BCUT2D eigenvalue weighted by molar-refractivity contribution is -0.127. The van der Waals surface area contributed by atoms with Gasteiger partial charge in [0.05, 0.1) is 0 Å². The third-order valence-electron chi connectivity index (χ3n) is 4.26. The maximum Gasteiger partial charge on any atom is 0.407 e. The fourth-order valence-corrected chi connectivity index (χ4v) is 3.07. The molecule has 162 valence electrons. The summed E-state index contributed by atoms with van der Waals surface area (Å²) >= 11 is 1.76. The molecule has 9 heteroatoms. The van der Waals surface area contributed by atoms with E-state index in [1.165, 1.54) is 4.90 Å². The summed E-state index contributed by atoms with van der Waals surface area (Å²) < 4.78 is 5.33. The minimum absolute atomic E-state index is 0.0313. The predicted octanol–water partition coefficient (Wildman–Crippen LogP) is 1.81. The quantitative estimate of drug-likeness (QED) is 0.333. The van der Waals surface area contributed by atoms with Crippen LogP contribution in [0.1, 0.15) is 46.5 Å². The van der Waals surface area contributed by atoms with Gasteiger partial charge in [0.1, 0.15) is 12.1 Å². The first-order valence-electron chi connectivity index (χ1n) is 9.84. The van der Waals surface area contributed by atoms with E-state index in [1.54, 1.807) is 25.9 Å². The molecule has 1 rings (SSSR count). The first-order valence-corrected chi connectivity index (χ1v) is 11.2. The third kappa shape index (κ3) is 10.6. The van der Waals surface area contributed by atoms with Gasteiger partial charge in [-0.25, -0.2) is 9.79 Å². The molecule has 28 heavy (non-hydrogen) atoms. The standard InChI is InChI=1S/C19H37N5O3S/c1-19(2,3)27-18(26)23-15-9-7-14(8-10-15)22-17(20-11-12-28-6)21-13-16(25)24(4)5/h14-15H,7-13H2,1-6H3,(H,23,26)(H2,20,21,22). The highest BCUT2D eigenvalue weighted by Gasteiger charge is 2.25. The molecule has 0 aliphatic heterocycles. The Morgan fingerprint density at radius 2 is 1.68 bits per heavy atom. The van der Waals surface area contributed by atoms with Crippen LogP contribution in [-0.4, -0.2) is 79.7 Å². The fraction of sp³-hybridized carbons (Fsp3) is 0.842. The number of amides is 2. The number of ether oxygens (including phenoxy) is 1. The number of thioether (sulfide) groups is 1. The van der Waals surface area contributed by atoms with Crippen LogP contribution in [0.15, 0.2) is 4.99 Å². The lowest BCUT2D eigenvalue weighted by Crippen LogP contribution is -2.48. The van der Waals surface area contributed by atoms with Gasteiger partial charge in [0, 0.05) is 38.5 Å². The summed E-state index contributed by atoms with van der Waals surface area (Å²) in [5.74, 6) is 1.61. The molecule has 0 atom stereocenters. The van der Waals surface area contributed by atoms with Crippen molar-refractivity contribution in [3.63, 3.8) is 0 Å². The molecular formula is C19H37N5O3S. The Bertz CT molecular complexity index is 526. The third-order valence-corrected chi connectivity index (χ3v) is 4.87. The number of hydrogen-bond donors (Lipinski definition) is 3. The summed E-state index contributed by atoms with van der Waals surface area (Å²) in [7, 11) is 3.45. The van der Waals surface area contributed by atoms with E-state index in [1.807, 2.05) is 20.8 Å². The van der Waals surface area contributed by atoms with Gasteiger partial charge in [-0.15, -0.1) is 0 Å². The number of aliphatic imine (C=N–C) groups is 1. The number of carbonyl (C=O) groups excluding carboxylic acids is 2. The first kappa shape index (κ1) is 24.4. The lowest BCUT2D eigenvalue weighted by atomic mass is 9.91. The van der Waals surface area contributed by atoms with Crippen molar-refractivity contribution in [2.75, 3.05) is 39.2 Å². The predicted molar refractivity (Wildman–Crippen MR) is 116 cm³/mol. The topological polar surface area (TPSA) is 95.1 Å². The Hall–Kier alpha value is -1.64. The van der Waals surface area contributed by atoms with Crippen LogP contribution >= 0.6 is 11.8 Å². The highest BCUT2D eigenvalue weighted by molar-refractivity contribution is 7.98.